The van der Waals surface area contributed by atoms with Crippen LogP contribution in [0.15, 0.2) is 30.0 Å². The normalized spacial score (nSPS) is 28.6. The van der Waals surface area contributed by atoms with Crippen LogP contribution in [0.25, 0.3) is 0 Å². The smallest absolute Gasteiger partial charge is 0.119 e. The van der Waals surface area contributed by atoms with E-state index >= 15 is 0 Å². The Labute approximate surface area is 108 Å². The highest BCUT2D eigenvalue weighted by molar-refractivity contribution is 5.42. The van der Waals surface area contributed by atoms with Crippen molar-refractivity contribution in [2.24, 2.45) is 5.92 Å². The van der Waals surface area contributed by atoms with Crippen molar-refractivity contribution in [2.45, 2.75) is 38.0 Å². The van der Waals surface area contributed by atoms with Crippen molar-refractivity contribution in [3.8, 4) is 5.75 Å². The third kappa shape index (κ3) is 1.80. The lowest BCUT2D eigenvalue weighted by atomic mass is 9.66. The van der Waals surface area contributed by atoms with Crippen LogP contribution in [0, 0.1) is 5.92 Å². The molecular formula is C16H20O2. The van der Waals surface area contributed by atoms with E-state index in [9.17, 15) is 5.11 Å². The Kier molecular flexibility index (Phi) is 3.02. The van der Waals surface area contributed by atoms with Gasteiger partial charge >= 0.3 is 0 Å². The summed E-state index contributed by atoms with van der Waals surface area (Å²) >= 11 is 0. The molecule has 0 bridgehead atoms. The van der Waals surface area contributed by atoms with Gasteiger partial charge in [-0.1, -0.05) is 6.07 Å². The number of aliphatic hydroxyl groups excluding tert-OH is 1. The Morgan fingerprint density at radius 1 is 1.22 bits per heavy atom. The third-order valence-electron chi connectivity index (χ3n) is 4.59. The fourth-order valence-corrected chi connectivity index (χ4v) is 3.67. The molecule has 1 aromatic carbocycles. The number of aryl methyl sites for hydroxylation is 1. The Balaban J connectivity index is 2.01. The van der Waals surface area contributed by atoms with Gasteiger partial charge in [0.15, 0.2) is 0 Å². The minimum Gasteiger partial charge on any atom is -0.516 e. The number of benzene rings is 1. The average Bonchev–Trinajstić information content (AvgIpc) is 2.45. The molecule has 0 aromatic heterocycles. The number of hydrogen-bond donors (Lipinski definition) is 1. The van der Waals surface area contributed by atoms with E-state index < -0.39 is 0 Å². The molecule has 1 N–H and O–H groups in total. The van der Waals surface area contributed by atoms with Gasteiger partial charge in [-0.3, -0.25) is 0 Å². The van der Waals surface area contributed by atoms with Crippen LogP contribution in [-0.4, -0.2) is 12.2 Å². The molecule has 2 atom stereocenters. The molecule has 0 amide bonds. The summed E-state index contributed by atoms with van der Waals surface area (Å²) in [7, 11) is 1.72. The highest BCUT2D eigenvalue weighted by Gasteiger charge is 2.34. The lowest BCUT2D eigenvalue weighted by Gasteiger charge is -2.38. The minimum absolute atomic E-state index is 0.545. The summed E-state index contributed by atoms with van der Waals surface area (Å²) < 4.78 is 5.35. The van der Waals surface area contributed by atoms with Gasteiger partial charge in [-0.05, 0) is 72.8 Å². The number of hydrogen-bond acceptors (Lipinski definition) is 2. The topological polar surface area (TPSA) is 29.5 Å². The maximum Gasteiger partial charge on any atom is 0.119 e. The van der Waals surface area contributed by atoms with Crippen LogP contribution in [-0.2, 0) is 6.42 Å². The monoisotopic (exact) mass is 244 g/mol. The van der Waals surface area contributed by atoms with Crippen LogP contribution in [0.5, 0.6) is 5.75 Å². The molecule has 1 aromatic rings. The molecule has 0 saturated heterocycles. The molecule has 2 heteroatoms. The predicted octanol–water partition coefficient (Wildman–Crippen LogP) is 3.97. The number of ether oxygens (including phenoxy) is 1. The molecule has 1 saturated carbocycles. The fourth-order valence-electron chi connectivity index (χ4n) is 3.67. The molecule has 18 heavy (non-hydrogen) atoms. The van der Waals surface area contributed by atoms with E-state index in [2.05, 4.69) is 18.2 Å². The number of fused-ring (bicyclic) bond motifs is 3. The van der Waals surface area contributed by atoms with Crippen LogP contribution >= 0.6 is 0 Å². The van der Waals surface area contributed by atoms with Crippen LogP contribution in [0.4, 0.5) is 0 Å². The molecule has 0 heterocycles. The van der Waals surface area contributed by atoms with Crippen LogP contribution in [0.3, 0.4) is 0 Å². The molecule has 0 spiro atoms. The first-order valence-corrected chi connectivity index (χ1v) is 6.83. The SMILES string of the molecule is COc1ccc2c(c1)C1CCC/C(=C\O)C1CC2. The van der Waals surface area contributed by atoms with E-state index in [1.807, 2.05) is 0 Å². The largest absolute Gasteiger partial charge is 0.516 e. The Morgan fingerprint density at radius 3 is 2.89 bits per heavy atom. The summed E-state index contributed by atoms with van der Waals surface area (Å²) in [4.78, 5) is 0. The standard InChI is InChI=1S/C16H20O2/c1-18-13-7-5-11-6-8-14-12(10-17)3-2-4-15(14)16(11)9-13/h5,7,9-10,14-15,17H,2-4,6,8H2,1H3/b12-10+. The minimum atomic E-state index is 0.545. The van der Waals surface area contributed by atoms with Crippen LogP contribution in [0.1, 0.15) is 42.7 Å². The maximum atomic E-state index is 9.39. The van der Waals surface area contributed by atoms with Crippen LogP contribution < -0.4 is 4.74 Å². The fraction of sp³-hybridized carbons (Fsp3) is 0.500. The van der Waals surface area contributed by atoms with Gasteiger partial charge in [0.25, 0.3) is 0 Å². The zero-order valence-electron chi connectivity index (χ0n) is 10.9. The second kappa shape index (κ2) is 4.68. The van der Waals surface area contributed by atoms with E-state index in [-0.39, 0.29) is 0 Å². The van der Waals surface area contributed by atoms with Crippen molar-refractivity contribution in [1.82, 2.24) is 0 Å². The molecular weight excluding hydrogens is 224 g/mol. The summed E-state index contributed by atoms with van der Waals surface area (Å²) in [5.41, 5.74) is 4.17. The maximum absolute atomic E-state index is 9.39. The summed E-state index contributed by atoms with van der Waals surface area (Å²) in [6, 6.07) is 6.47. The predicted molar refractivity (Wildman–Crippen MR) is 72.1 cm³/mol. The molecule has 2 nitrogen and oxygen atoms in total. The van der Waals surface area contributed by atoms with Gasteiger partial charge in [-0.25, -0.2) is 0 Å². The van der Waals surface area contributed by atoms with Gasteiger partial charge in [0.1, 0.15) is 5.75 Å². The van der Waals surface area contributed by atoms with Crippen LogP contribution in [0.2, 0.25) is 0 Å². The van der Waals surface area contributed by atoms with Gasteiger partial charge in [0.05, 0.1) is 13.4 Å². The molecule has 3 rings (SSSR count). The van der Waals surface area contributed by atoms with E-state index in [0.29, 0.717) is 11.8 Å². The van der Waals surface area contributed by atoms with Crippen molar-refractivity contribution >= 4 is 0 Å². The van der Waals surface area contributed by atoms with Crippen molar-refractivity contribution in [1.29, 1.82) is 0 Å². The first-order chi connectivity index (χ1) is 8.83. The van der Waals surface area contributed by atoms with Crippen molar-refractivity contribution in [3.05, 3.63) is 41.2 Å². The van der Waals surface area contributed by atoms with E-state index in [1.165, 1.54) is 42.2 Å². The third-order valence-corrected chi connectivity index (χ3v) is 4.59. The second-order valence-electron chi connectivity index (χ2n) is 5.41. The highest BCUT2D eigenvalue weighted by atomic mass is 16.5. The number of rotatable bonds is 1. The van der Waals surface area contributed by atoms with Crippen molar-refractivity contribution in [3.63, 3.8) is 0 Å². The summed E-state index contributed by atoms with van der Waals surface area (Å²) in [6.45, 7) is 0. The zero-order valence-corrected chi connectivity index (χ0v) is 10.9. The molecule has 96 valence electrons. The first-order valence-electron chi connectivity index (χ1n) is 6.83. The molecule has 2 aliphatic carbocycles. The van der Waals surface area contributed by atoms with Crippen molar-refractivity contribution < 1.29 is 9.84 Å². The molecule has 1 fully saturated rings. The van der Waals surface area contributed by atoms with Gasteiger partial charge in [0.2, 0.25) is 0 Å². The van der Waals surface area contributed by atoms with E-state index in [1.54, 1.807) is 7.11 Å². The Hall–Kier alpha value is -1.44. The Bertz CT molecular complexity index is 476. The lowest BCUT2D eigenvalue weighted by molar-refractivity contribution is 0.330. The molecule has 0 aliphatic heterocycles. The summed E-state index contributed by atoms with van der Waals surface area (Å²) in [5, 5.41) is 9.39. The number of allylic oxidation sites excluding steroid dienone is 1. The number of methoxy groups -OCH3 is 1. The van der Waals surface area contributed by atoms with Gasteiger partial charge in [-0.2, -0.15) is 0 Å². The van der Waals surface area contributed by atoms with Gasteiger partial charge in [0, 0.05) is 0 Å². The molecule has 2 aliphatic rings. The average molecular weight is 244 g/mol. The molecule has 2 unspecified atom stereocenters. The second-order valence-corrected chi connectivity index (χ2v) is 5.41. The first kappa shape index (κ1) is 11.6. The summed E-state index contributed by atoms with van der Waals surface area (Å²) in [6.07, 6.45) is 7.15. The van der Waals surface area contributed by atoms with Crippen molar-refractivity contribution in [2.75, 3.05) is 7.11 Å². The van der Waals surface area contributed by atoms with E-state index in [0.717, 1.165) is 18.6 Å². The highest BCUT2D eigenvalue weighted by Crippen LogP contribution is 2.48. The summed E-state index contributed by atoms with van der Waals surface area (Å²) in [5.74, 6) is 2.08. The van der Waals surface area contributed by atoms with Gasteiger partial charge < -0.3 is 9.84 Å². The lowest BCUT2D eigenvalue weighted by Crippen LogP contribution is -2.26. The molecule has 0 radical (unpaired) electrons. The quantitative estimate of drug-likeness (QED) is 0.757. The zero-order chi connectivity index (χ0) is 12.5. The van der Waals surface area contributed by atoms with Gasteiger partial charge in [-0.15, -0.1) is 0 Å². The van der Waals surface area contributed by atoms with E-state index in [4.69, 9.17) is 4.74 Å². The number of aliphatic hydroxyl groups is 1. The Morgan fingerprint density at radius 2 is 2.11 bits per heavy atom.